The molecule has 1 aliphatic rings. The SMILES string of the molecule is C=C(C)C1=CC=C(c2ccccc2C)C1C. The Morgan fingerprint density at radius 2 is 1.88 bits per heavy atom. The fourth-order valence-electron chi connectivity index (χ4n) is 2.37. The highest BCUT2D eigenvalue weighted by atomic mass is 14.2. The second-order valence-electron chi connectivity index (χ2n) is 4.56. The molecule has 0 bridgehead atoms. The van der Waals surface area contributed by atoms with Crippen molar-refractivity contribution in [2.45, 2.75) is 20.8 Å². The van der Waals surface area contributed by atoms with Crippen LogP contribution in [0.2, 0.25) is 0 Å². The molecular weight excluding hydrogens is 192 g/mol. The highest BCUT2D eigenvalue weighted by Gasteiger charge is 2.20. The molecule has 0 aromatic heterocycles. The van der Waals surface area contributed by atoms with Gasteiger partial charge in [-0.05, 0) is 36.1 Å². The van der Waals surface area contributed by atoms with E-state index >= 15 is 0 Å². The maximum absolute atomic E-state index is 4.04. The van der Waals surface area contributed by atoms with Crippen molar-refractivity contribution in [3.63, 3.8) is 0 Å². The first-order valence-corrected chi connectivity index (χ1v) is 5.75. The van der Waals surface area contributed by atoms with Crippen LogP contribution in [0.1, 0.15) is 25.0 Å². The number of aryl methyl sites for hydroxylation is 1. The van der Waals surface area contributed by atoms with Crippen LogP contribution in [0.5, 0.6) is 0 Å². The zero-order valence-corrected chi connectivity index (χ0v) is 10.2. The minimum Gasteiger partial charge on any atom is -0.0958 e. The average molecular weight is 210 g/mol. The van der Waals surface area contributed by atoms with Gasteiger partial charge in [-0.1, -0.05) is 55.5 Å². The molecule has 0 N–H and O–H groups in total. The molecule has 0 heterocycles. The predicted molar refractivity (Wildman–Crippen MR) is 71.2 cm³/mol. The van der Waals surface area contributed by atoms with E-state index in [9.17, 15) is 0 Å². The lowest BCUT2D eigenvalue weighted by molar-refractivity contribution is 0.911. The topological polar surface area (TPSA) is 0 Å². The monoisotopic (exact) mass is 210 g/mol. The molecule has 0 saturated heterocycles. The Bertz CT molecular complexity index is 487. The van der Waals surface area contributed by atoms with Gasteiger partial charge in [-0.25, -0.2) is 0 Å². The second-order valence-corrected chi connectivity index (χ2v) is 4.56. The maximum atomic E-state index is 4.04. The van der Waals surface area contributed by atoms with Gasteiger partial charge in [0.05, 0.1) is 0 Å². The van der Waals surface area contributed by atoms with E-state index in [2.05, 4.69) is 63.8 Å². The third kappa shape index (κ3) is 1.76. The molecule has 0 amide bonds. The summed E-state index contributed by atoms with van der Waals surface area (Å²) in [6, 6.07) is 8.56. The Kier molecular flexibility index (Phi) is 2.82. The maximum Gasteiger partial charge on any atom is 0.00694 e. The summed E-state index contributed by atoms with van der Waals surface area (Å²) >= 11 is 0. The lowest BCUT2D eigenvalue weighted by Gasteiger charge is -2.16. The van der Waals surface area contributed by atoms with E-state index in [0.717, 1.165) is 0 Å². The first-order chi connectivity index (χ1) is 7.61. The zero-order valence-electron chi connectivity index (χ0n) is 10.2. The number of hydrogen-bond acceptors (Lipinski definition) is 0. The molecule has 1 aromatic rings. The molecule has 0 fully saturated rings. The van der Waals surface area contributed by atoms with Gasteiger partial charge in [-0.3, -0.25) is 0 Å². The first kappa shape index (κ1) is 10.9. The Morgan fingerprint density at radius 3 is 2.44 bits per heavy atom. The molecule has 0 saturated carbocycles. The van der Waals surface area contributed by atoms with Crippen LogP contribution in [-0.2, 0) is 0 Å². The van der Waals surface area contributed by atoms with E-state index in [1.165, 1.54) is 27.8 Å². The molecule has 1 aromatic carbocycles. The summed E-state index contributed by atoms with van der Waals surface area (Å²) in [5, 5.41) is 0. The molecule has 2 rings (SSSR count). The molecule has 0 aliphatic heterocycles. The van der Waals surface area contributed by atoms with E-state index in [1.54, 1.807) is 0 Å². The van der Waals surface area contributed by atoms with E-state index in [0.29, 0.717) is 5.92 Å². The third-order valence-corrected chi connectivity index (χ3v) is 3.32. The molecule has 0 nitrogen and oxygen atoms in total. The van der Waals surface area contributed by atoms with Gasteiger partial charge in [-0.15, -0.1) is 0 Å². The number of allylic oxidation sites excluding steroid dienone is 5. The summed E-state index contributed by atoms with van der Waals surface area (Å²) in [7, 11) is 0. The van der Waals surface area contributed by atoms with E-state index in [1.807, 2.05) is 0 Å². The van der Waals surface area contributed by atoms with Gasteiger partial charge in [0.15, 0.2) is 0 Å². The van der Waals surface area contributed by atoms with Crippen molar-refractivity contribution in [2.24, 2.45) is 5.92 Å². The van der Waals surface area contributed by atoms with Gasteiger partial charge in [0.25, 0.3) is 0 Å². The Morgan fingerprint density at radius 1 is 1.19 bits per heavy atom. The average Bonchev–Trinajstić information content (AvgIpc) is 2.61. The number of benzene rings is 1. The van der Waals surface area contributed by atoms with Crippen molar-refractivity contribution in [1.29, 1.82) is 0 Å². The fraction of sp³-hybridized carbons (Fsp3) is 0.250. The predicted octanol–water partition coefficient (Wildman–Crippen LogP) is 4.53. The highest BCUT2D eigenvalue weighted by Crippen LogP contribution is 2.37. The van der Waals surface area contributed by atoms with Crippen LogP contribution in [0.25, 0.3) is 5.57 Å². The number of rotatable bonds is 2. The van der Waals surface area contributed by atoms with Gasteiger partial charge < -0.3 is 0 Å². The molecule has 1 atom stereocenters. The van der Waals surface area contributed by atoms with Gasteiger partial charge in [0, 0.05) is 5.92 Å². The molecule has 82 valence electrons. The van der Waals surface area contributed by atoms with Gasteiger partial charge in [-0.2, -0.15) is 0 Å². The first-order valence-electron chi connectivity index (χ1n) is 5.75. The van der Waals surface area contributed by atoms with Crippen LogP contribution in [-0.4, -0.2) is 0 Å². The van der Waals surface area contributed by atoms with Crippen molar-refractivity contribution in [3.8, 4) is 0 Å². The molecule has 1 aliphatic carbocycles. The summed E-state index contributed by atoms with van der Waals surface area (Å²) in [5.74, 6) is 0.471. The Balaban J connectivity index is 2.35. The van der Waals surface area contributed by atoms with Crippen LogP contribution in [0.15, 0.2) is 54.1 Å². The van der Waals surface area contributed by atoms with Crippen molar-refractivity contribution < 1.29 is 0 Å². The van der Waals surface area contributed by atoms with Crippen LogP contribution in [0.4, 0.5) is 0 Å². The zero-order chi connectivity index (χ0) is 11.7. The van der Waals surface area contributed by atoms with Crippen LogP contribution < -0.4 is 0 Å². The minimum atomic E-state index is 0.471. The van der Waals surface area contributed by atoms with E-state index < -0.39 is 0 Å². The second kappa shape index (κ2) is 4.13. The Labute approximate surface area is 98.0 Å². The summed E-state index contributed by atoms with van der Waals surface area (Å²) < 4.78 is 0. The van der Waals surface area contributed by atoms with Crippen molar-refractivity contribution in [3.05, 3.63) is 65.3 Å². The molecule has 16 heavy (non-hydrogen) atoms. The minimum absolute atomic E-state index is 0.471. The summed E-state index contributed by atoms with van der Waals surface area (Å²) in [4.78, 5) is 0. The normalized spacial score (nSPS) is 19.3. The summed E-state index contributed by atoms with van der Waals surface area (Å²) in [6.07, 6.45) is 4.44. The number of hydrogen-bond donors (Lipinski definition) is 0. The largest absolute Gasteiger partial charge is 0.0958 e. The Hall–Kier alpha value is -1.56. The van der Waals surface area contributed by atoms with E-state index in [4.69, 9.17) is 0 Å². The highest BCUT2D eigenvalue weighted by molar-refractivity contribution is 5.77. The molecule has 0 radical (unpaired) electrons. The van der Waals surface area contributed by atoms with Gasteiger partial charge in [0.2, 0.25) is 0 Å². The van der Waals surface area contributed by atoms with Crippen LogP contribution in [0.3, 0.4) is 0 Å². The van der Waals surface area contributed by atoms with Gasteiger partial charge >= 0.3 is 0 Å². The standard InChI is InChI=1S/C16H18/c1-11(2)14-9-10-16(13(14)4)15-8-6-5-7-12(15)3/h5-10,13H,1H2,2-4H3. The molecular formula is C16H18. The van der Waals surface area contributed by atoms with Gasteiger partial charge in [0.1, 0.15) is 0 Å². The van der Waals surface area contributed by atoms with E-state index in [-0.39, 0.29) is 0 Å². The summed E-state index contributed by atoms with van der Waals surface area (Å²) in [6.45, 7) is 10.5. The van der Waals surface area contributed by atoms with Crippen molar-refractivity contribution in [2.75, 3.05) is 0 Å². The van der Waals surface area contributed by atoms with Crippen LogP contribution >= 0.6 is 0 Å². The molecule has 0 heteroatoms. The van der Waals surface area contributed by atoms with Crippen molar-refractivity contribution >= 4 is 5.57 Å². The molecule has 0 spiro atoms. The quantitative estimate of drug-likeness (QED) is 0.672. The van der Waals surface area contributed by atoms with Crippen molar-refractivity contribution in [1.82, 2.24) is 0 Å². The third-order valence-electron chi connectivity index (χ3n) is 3.32. The lowest BCUT2D eigenvalue weighted by Crippen LogP contribution is -2.00. The van der Waals surface area contributed by atoms with Crippen LogP contribution in [0, 0.1) is 12.8 Å². The fourth-order valence-corrected chi connectivity index (χ4v) is 2.37. The summed E-state index contributed by atoms with van der Waals surface area (Å²) in [5.41, 5.74) is 6.65. The lowest BCUT2D eigenvalue weighted by atomic mass is 9.88. The molecule has 1 unspecified atom stereocenters. The smallest absolute Gasteiger partial charge is 0.00694 e.